The number of pyridine rings is 1. The van der Waals surface area contributed by atoms with Crippen molar-refractivity contribution in [1.29, 1.82) is 0 Å². The molecule has 0 aliphatic heterocycles. The highest BCUT2D eigenvalue weighted by Gasteiger charge is 2.17. The van der Waals surface area contributed by atoms with Crippen LogP contribution in [-0.4, -0.2) is 4.57 Å². The van der Waals surface area contributed by atoms with Gasteiger partial charge >= 0.3 is 0 Å². The third-order valence-electron chi connectivity index (χ3n) is 4.68. The zero-order chi connectivity index (χ0) is 19.2. The molecule has 0 fully saturated rings. The Kier molecular flexibility index (Phi) is 5.34. The van der Waals surface area contributed by atoms with Crippen molar-refractivity contribution in [2.75, 3.05) is 0 Å². The van der Waals surface area contributed by atoms with Gasteiger partial charge in [-0.05, 0) is 22.8 Å². The average Bonchev–Trinajstić information content (AvgIpc) is 2.76. The summed E-state index contributed by atoms with van der Waals surface area (Å²) < 4.78 is 7.56. The van der Waals surface area contributed by atoms with Crippen LogP contribution in [0.5, 0.6) is 5.75 Å². The molecule has 3 aromatic carbocycles. The van der Waals surface area contributed by atoms with E-state index in [4.69, 9.17) is 4.74 Å². The third kappa shape index (κ3) is 4.04. The molecule has 3 nitrogen and oxygen atoms in total. The zero-order valence-corrected chi connectivity index (χ0v) is 15.4. The van der Waals surface area contributed by atoms with Crippen molar-refractivity contribution in [1.82, 2.24) is 4.57 Å². The van der Waals surface area contributed by atoms with Crippen LogP contribution in [0.15, 0.2) is 114 Å². The monoisotopic (exact) mass is 367 g/mol. The molecule has 28 heavy (non-hydrogen) atoms. The second-order valence-electron chi connectivity index (χ2n) is 6.61. The molecule has 0 atom stereocenters. The van der Waals surface area contributed by atoms with Gasteiger partial charge in [0.2, 0.25) is 0 Å². The highest BCUT2D eigenvalue weighted by Crippen LogP contribution is 2.25. The van der Waals surface area contributed by atoms with E-state index < -0.39 is 0 Å². The van der Waals surface area contributed by atoms with Crippen molar-refractivity contribution in [3.8, 4) is 5.75 Å². The summed E-state index contributed by atoms with van der Waals surface area (Å²) in [6, 6.07) is 33.3. The lowest BCUT2D eigenvalue weighted by Gasteiger charge is -2.21. The van der Waals surface area contributed by atoms with Crippen LogP contribution >= 0.6 is 0 Å². The fourth-order valence-corrected chi connectivity index (χ4v) is 3.30. The molecular formula is C25H21NO2. The van der Waals surface area contributed by atoms with Crippen molar-refractivity contribution in [3.63, 3.8) is 0 Å². The summed E-state index contributed by atoms with van der Waals surface area (Å²) in [5, 5.41) is 0. The van der Waals surface area contributed by atoms with Crippen molar-refractivity contribution >= 4 is 0 Å². The Bertz CT molecular complexity index is 1030. The van der Waals surface area contributed by atoms with E-state index in [0.717, 1.165) is 16.7 Å². The molecule has 1 aromatic heterocycles. The first-order valence-corrected chi connectivity index (χ1v) is 9.30. The van der Waals surface area contributed by atoms with Gasteiger partial charge in [0.15, 0.2) is 0 Å². The Morgan fingerprint density at radius 3 is 1.79 bits per heavy atom. The molecule has 1 heterocycles. The maximum atomic E-state index is 12.9. The minimum Gasteiger partial charge on any atom is -0.489 e. The molecule has 4 rings (SSSR count). The van der Waals surface area contributed by atoms with Crippen molar-refractivity contribution in [2.24, 2.45) is 0 Å². The Labute approximate surface area is 164 Å². The Balaban J connectivity index is 1.65. The summed E-state index contributed by atoms with van der Waals surface area (Å²) in [6.45, 7) is 0.436. The van der Waals surface area contributed by atoms with Gasteiger partial charge in [-0.3, -0.25) is 4.79 Å². The molecule has 0 N–H and O–H groups in total. The van der Waals surface area contributed by atoms with E-state index in [-0.39, 0.29) is 11.6 Å². The molecule has 4 aromatic rings. The molecule has 0 bridgehead atoms. The van der Waals surface area contributed by atoms with Gasteiger partial charge in [0, 0.05) is 12.3 Å². The zero-order valence-electron chi connectivity index (χ0n) is 15.4. The van der Waals surface area contributed by atoms with Gasteiger partial charge in [-0.25, -0.2) is 0 Å². The molecule has 0 saturated heterocycles. The molecule has 0 unspecified atom stereocenters. The van der Waals surface area contributed by atoms with E-state index in [9.17, 15) is 4.79 Å². The lowest BCUT2D eigenvalue weighted by molar-refractivity contribution is 0.304. The number of rotatable bonds is 6. The third-order valence-corrected chi connectivity index (χ3v) is 4.68. The topological polar surface area (TPSA) is 31.2 Å². The molecule has 138 valence electrons. The van der Waals surface area contributed by atoms with Gasteiger partial charge in [-0.15, -0.1) is 0 Å². The maximum Gasteiger partial charge on any atom is 0.255 e. The van der Waals surface area contributed by atoms with E-state index >= 15 is 0 Å². The second-order valence-corrected chi connectivity index (χ2v) is 6.61. The first-order chi connectivity index (χ1) is 13.8. The van der Waals surface area contributed by atoms with Crippen LogP contribution in [0.3, 0.4) is 0 Å². The van der Waals surface area contributed by atoms with Gasteiger partial charge in [-0.1, -0.05) is 91.0 Å². The van der Waals surface area contributed by atoms with Gasteiger partial charge in [0.1, 0.15) is 12.4 Å². The maximum absolute atomic E-state index is 12.9. The van der Waals surface area contributed by atoms with Gasteiger partial charge in [0.25, 0.3) is 5.56 Å². The van der Waals surface area contributed by atoms with Crippen molar-refractivity contribution in [3.05, 3.63) is 136 Å². The summed E-state index contributed by atoms with van der Waals surface area (Å²) in [7, 11) is 0. The van der Waals surface area contributed by atoms with E-state index in [0.29, 0.717) is 12.4 Å². The van der Waals surface area contributed by atoms with Gasteiger partial charge < -0.3 is 9.30 Å². The molecule has 0 aliphatic carbocycles. The number of ether oxygens (including phenoxy) is 1. The highest BCUT2D eigenvalue weighted by atomic mass is 16.5. The van der Waals surface area contributed by atoms with Crippen LogP contribution in [0, 0.1) is 0 Å². The molecule has 0 amide bonds. The number of aromatic nitrogens is 1. The van der Waals surface area contributed by atoms with E-state index in [1.54, 1.807) is 10.6 Å². The van der Waals surface area contributed by atoms with Crippen LogP contribution in [0.4, 0.5) is 0 Å². The van der Waals surface area contributed by atoms with Crippen LogP contribution in [0.25, 0.3) is 0 Å². The van der Waals surface area contributed by atoms with E-state index in [1.807, 2.05) is 103 Å². The first-order valence-electron chi connectivity index (χ1n) is 9.30. The minimum absolute atomic E-state index is 0.0942. The molecule has 0 radical (unpaired) electrons. The molecule has 0 saturated carbocycles. The minimum atomic E-state index is -0.182. The van der Waals surface area contributed by atoms with E-state index in [1.165, 1.54) is 0 Å². The van der Waals surface area contributed by atoms with Crippen LogP contribution < -0.4 is 10.3 Å². The SMILES string of the molecule is O=c1cc(OCc2ccccc2)ccn1C(c1ccccc1)c1ccccc1. The predicted octanol–water partition coefficient (Wildman–Crippen LogP) is 5.07. The summed E-state index contributed by atoms with van der Waals surface area (Å²) in [6.07, 6.45) is 1.81. The fraction of sp³-hybridized carbons (Fsp3) is 0.0800. The first kappa shape index (κ1) is 17.8. The standard InChI is InChI=1S/C25H21NO2/c27-24-18-23(28-19-20-10-4-1-5-11-20)16-17-26(24)25(21-12-6-2-7-13-21)22-14-8-3-9-15-22/h1-18,25H,19H2. The Hall–Kier alpha value is -3.59. The Morgan fingerprint density at radius 2 is 1.25 bits per heavy atom. The van der Waals surface area contributed by atoms with Crippen LogP contribution in [0.1, 0.15) is 22.7 Å². The normalized spacial score (nSPS) is 10.8. The largest absolute Gasteiger partial charge is 0.489 e. The Morgan fingerprint density at radius 1 is 0.714 bits per heavy atom. The number of hydrogen-bond acceptors (Lipinski definition) is 2. The summed E-state index contributed by atoms with van der Waals surface area (Å²) in [5.41, 5.74) is 3.10. The fourth-order valence-electron chi connectivity index (χ4n) is 3.30. The summed E-state index contributed by atoms with van der Waals surface area (Å²) >= 11 is 0. The van der Waals surface area contributed by atoms with E-state index in [2.05, 4.69) is 0 Å². The lowest BCUT2D eigenvalue weighted by atomic mass is 9.98. The second kappa shape index (κ2) is 8.40. The molecular weight excluding hydrogens is 346 g/mol. The molecule has 0 aliphatic rings. The summed E-state index contributed by atoms with van der Waals surface area (Å²) in [5.74, 6) is 0.574. The van der Waals surface area contributed by atoms with Crippen LogP contribution in [-0.2, 0) is 6.61 Å². The van der Waals surface area contributed by atoms with Crippen molar-refractivity contribution in [2.45, 2.75) is 12.6 Å². The average molecular weight is 367 g/mol. The lowest BCUT2D eigenvalue weighted by Crippen LogP contribution is -2.25. The predicted molar refractivity (Wildman–Crippen MR) is 112 cm³/mol. The number of benzene rings is 3. The number of hydrogen-bond donors (Lipinski definition) is 0. The quantitative estimate of drug-likeness (QED) is 0.477. The molecule has 3 heteroatoms. The number of nitrogens with zero attached hydrogens (tertiary/aromatic N) is 1. The summed E-state index contributed by atoms with van der Waals surface area (Å²) in [4.78, 5) is 12.9. The molecule has 0 spiro atoms. The highest BCUT2D eigenvalue weighted by molar-refractivity contribution is 5.34. The van der Waals surface area contributed by atoms with Gasteiger partial charge in [0.05, 0.1) is 6.04 Å². The smallest absolute Gasteiger partial charge is 0.255 e. The van der Waals surface area contributed by atoms with Crippen LogP contribution in [0.2, 0.25) is 0 Å². The van der Waals surface area contributed by atoms with Gasteiger partial charge in [-0.2, -0.15) is 0 Å². The van der Waals surface area contributed by atoms with Crippen molar-refractivity contribution < 1.29 is 4.74 Å².